The third kappa shape index (κ3) is 8.18. The lowest BCUT2D eigenvalue weighted by Gasteiger charge is -2.09. The Hall–Kier alpha value is -1.06. The predicted octanol–water partition coefficient (Wildman–Crippen LogP) is 3.77. The maximum Gasteiger partial charge on any atom is 0.119 e. The van der Waals surface area contributed by atoms with Crippen LogP contribution in [0.4, 0.5) is 0 Å². The minimum absolute atomic E-state index is 0.613. The third-order valence-corrected chi connectivity index (χ3v) is 3.14. The molecule has 0 radical (unpaired) electrons. The Morgan fingerprint density at radius 3 is 2.75 bits per heavy atom. The fourth-order valence-electron chi connectivity index (χ4n) is 2.02. The van der Waals surface area contributed by atoms with E-state index in [0.717, 1.165) is 25.4 Å². The molecule has 0 aliphatic carbocycles. The molecule has 0 heterocycles. The standard InChI is InChI=1S/C17H29NO2/c1-3-5-6-7-11-18-15-16-9-8-10-17(14-16)20-13-12-19-4-2/h8-10,14,18H,3-7,11-13,15H2,1-2H3. The van der Waals surface area contributed by atoms with E-state index in [9.17, 15) is 0 Å². The van der Waals surface area contributed by atoms with Gasteiger partial charge in [-0.3, -0.25) is 0 Å². The number of rotatable bonds is 12. The molecular formula is C17H29NO2. The summed E-state index contributed by atoms with van der Waals surface area (Å²) in [6.45, 7) is 8.24. The van der Waals surface area contributed by atoms with E-state index in [-0.39, 0.29) is 0 Å². The van der Waals surface area contributed by atoms with Gasteiger partial charge in [-0.05, 0) is 37.6 Å². The van der Waals surface area contributed by atoms with Crippen LogP contribution in [0, 0.1) is 0 Å². The van der Waals surface area contributed by atoms with Crippen LogP contribution >= 0.6 is 0 Å². The largest absolute Gasteiger partial charge is 0.491 e. The second-order valence-electron chi connectivity index (χ2n) is 4.93. The van der Waals surface area contributed by atoms with E-state index < -0.39 is 0 Å². The van der Waals surface area contributed by atoms with Crippen molar-refractivity contribution in [3.63, 3.8) is 0 Å². The number of unbranched alkanes of at least 4 members (excludes halogenated alkanes) is 3. The average molecular weight is 279 g/mol. The summed E-state index contributed by atoms with van der Waals surface area (Å²) in [5.41, 5.74) is 1.27. The Morgan fingerprint density at radius 1 is 1.05 bits per heavy atom. The van der Waals surface area contributed by atoms with Crippen molar-refractivity contribution in [2.75, 3.05) is 26.4 Å². The van der Waals surface area contributed by atoms with Gasteiger partial charge in [0.05, 0.1) is 6.61 Å². The summed E-state index contributed by atoms with van der Waals surface area (Å²) in [5.74, 6) is 0.926. The van der Waals surface area contributed by atoms with E-state index in [1.165, 1.54) is 31.2 Å². The Morgan fingerprint density at radius 2 is 1.95 bits per heavy atom. The second-order valence-corrected chi connectivity index (χ2v) is 4.93. The number of ether oxygens (including phenoxy) is 2. The van der Waals surface area contributed by atoms with Crippen molar-refractivity contribution >= 4 is 0 Å². The Bertz CT molecular complexity index is 342. The Labute approximate surface area is 123 Å². The minimum Gasteiger partial charge on any atom is -0.491 e. The Kier molecular flexibility index (Phi) is 9.98. The lowest BCUT2D eigenvalue weighted by molar-refractivity contribution is 0.110. The van der Waals surface area contributed by atoms with Gasteiger partial charge in [0.15, 0.2) is 0 Å². The van der Waals surface area contributed by atoms with Crippen LogP contribution in [0.25, 0.3) is 0 Å². The van der Waals surface area contributed by atoms with Gasteiger partial charge in [0.1, 0.15) is 12.4 Å². The lowest BCUT2D eigenvalue weighted by atomic mass is 10.2. The van der Waals surface area contributed by atoms with Gasteiger partial charge in [-0.15, -0.1) is 0 Å². The highest BCUT2D eigenvalue weighted by molar-refractivity contribution is 5.28. The highest BCUT2D eigenvalue weighted by atomic mass is 16.5. The van der Waals surface area contributed by atoms with Crippen molar-refractivity contribution in [1.82, 2.24) is 5.32 Å². The molecular weight excluding hydrogens is 250 g/mol. The van der Waals surface area contributed by atoms with Crippen molar-refractivity contribution in [3.8, 4) is 5.75 Å². The maximum atomic E-state index is 5.66. The summed E-state index contributed by atoms with van der Waals surface area (Å²) in [7, 11) is 0. The van der Waals surface area contributed by atoms with Gasteiger partial charge in [0.2, 0.25) is 0 Å². The molecule has 114 valence electrons. The minimum atomic E-state index is 0.613. The molecule has 0 spiro atoms. The molecule has 0 saturated heterocycles. The molecule has 0 saturated carbocycles. The van der Waals surface area contributed by atoms with Gasteiger partial charge in [-0.1, -0.05) is 38.3 Å². The fourth-order valence-corrected chi connectivity index (χ4v) is 2.02. The molecule has 3 heteroatoms. The smallest absolute Gasteiger partial charge is 0.119 e. The monoisotopic (exact) mass is 279 g/mol. The normalized spacial score (nSPS) is 10.7. The van der Waals surface area contributed by atoms with Crippen LogP contribution in [0.2, 0.25) is 0 Å². The molecule has 0 unspecified atom stereocenters. The highest BCUT2D eigenvalue weighted by Crippen LogP contribution is 2.13. The second kappa shape index (κ2) is 11.7. The first-order valence-electron chi connectivity index (χ1n) is 7.87. The van der Waals surface area contributed by atoms with Gasteiger partial charge in [-0.25, -0.2) is 0 Å². The third-order valence-electron chi connectivity index (χ3n) is 3.14. The topological polar surface area (TPSA) is 30.5 Å². The zero-order chi connectivity index (χ0) is 14.5. The summed E-state index contributed by atoms with van der Waals surface area (Å²) < 4.78 is 10.9. The van der Waals surface area contributed by atoms with Gasteiger partial charge in [-0.2, -0.15) is 0 Å². The van der Waals surface area contributed by atoms with Crippen molar-refractivity contribution in [2.45, 2.75) is 46.1 Å². The fraction of sp³-hybridized carbons (Fsp3) is 0.647. The molecule has 0 aliphatic rings. The number of nitrogens with one attached hydrogen (secondary N) is 1. The summed E-state index contributed by atoms with van der Waals surface area (Å²) in [5, 5.41) is 3.48. The summed E-state index contributed by atoms with van der Waals surface area (Å²) >= 11 is 0. The molecule has 3 nitrogen and oxygen atoms in total. The summed E-state index contributed by atoms with van der Waals surface area (Å²) in [6, 6.07) is 8.28. The molecule has 0 aromatic heterocycles. The van der Waals surface area contributed by atoms with Crippen LogP contribution in [0.5, 0.6) is 5.75 Å². The molecule has 1 aromatic carbocycles. The van der Waals surface area contributed by atoms with E-state index in [1.807, 2.05) is 19.1 Å². The van der Waals surface area contributed by atoms with Crippen LogP contribution in [-0.4, -0.2) is 26.4 Å². The van der Waals surface area contributed by atoms with E-state index in [0.29, 0.717) is 13.2 Å². The molecule has 20 heavy (non-hydrogen) atoms. The van der Waals surface area contributed by atoms with Gasteiger partial charge >= 0.3 is 0 Å². The molecule has 1 aromatic rings. The molecule has 1 N–H and O–H groups in total. The average Bonchev–Trinajstić information content (AvgIpc) is 2.48. The summed E-state index contributed by atoms with van der Waals surface area (Å²) in [6.07, 6.45) is 5.22. The molecule has 0 amide bonds. The molecule has 1 rings (SSSR count). The first-order chi connectivity index (χ1) is 9.86. The van der Waals surface area contributed by atoms with E-state index in [1.54, 1.807) is 0 Å². The quantitative estimate of drug-likeness (QED) is 0.591. The SMILES string of the molecule is CCCCCCNCc1cccc(OCCOCC)c1. The van der Waals surface area contributed by atoms with Gasteiger partial charge in [0, 0.05) is 13.2 Å². The first kappa shape index (κ1) is 17.0. The number of hydrogen-bond donors (Lipinski definition) is 1. The zero-order valence-corrected chi connectivity index (χ0v) is 13.0. The Balaban J connectivity index is 2.18. The number of hydrogen-bond acceptors (Lipinski definition) is 3. The van der Waals surface area contributed by atoms with Crippen LogP contribution in [0.1, 0.15) is 45.1 Å². The predicted molar refractivity (Wildman–Crippen MR) is 84.3 cm³/mol. The van der Waals surface area contributed by atoms with Crippen LogP contribution in [0.3, 0.4) is 0 Å². The summed E-state index contributed by atoms with van der Waals surface area (Å²) in [4.78, 5) is 0. The lowest BCUT2D eigenvalue weighted by Crippen LogP contribution is -2.14. The van der Waals surface area contributed by atoms with E-state index in [4.69, 9.17) is 9.47 Å². The van der Waals surface area contributed by atoms with Crippen molar-refractivity contribution in [1.29, 1.82) is 0 Å². The van der Waals surface area contributed by atoms with E-state index >= 15 is 0 Å². The van der Waals surface area contributed by atoms with Crippen LogP contribution in [-0.2, 0) is 11.3 Å². The highest BCUT2D eigenvalue weighted by Gasteiger charge is 1.97. The van der Waals surface area contributed by atoms with Crippen LogP contribution < -0.4 is 10.1 Å². The number of benzene rings is 1. The van der Waals surface area contributed by atoms with E-state index in [2.05, 4.69) is 24.4 Å². The van der Waals surface area contributed by atoms with Crippen molar-refractivity contribution in [3.05, 3.63) is 29.8 Å². The molecule has 0 bridgehead atoms. The van der Waals surface area contributed by atoms with Crippen LogP contribution in [0.15, 0.2) is 24.3 Å². The van der Waals surface area contributed by atoms with Gasteiger partial charge in [0.25, 0.3) is 0 Å². The zero-order valence-electron chi connectivity index (χ0n) is 13.0. The molecule has 0 aliphatic heterocycles. The van der Waals surface area contributed by atoms with Crippen molar-refractivity contribution < 1.29 is 9.47 Å². The maximum absolute atomic E-state index is 5.66. The molecule has 0 atom stereocenters. The first-order valence-corrected chi connectivity index (χ1v) is 7.87. The van der Waals surface area contributed by atoms with Gasteiger partial charge < -0.3 is 14.8 Å². The molecule has 0 fully saturated rings. The van der Waals surface area contributed by atoms with Crippen molar-refractivity contribution in [2.24, 2.45) is 0 Å².